The Morgan fingerprint density at radius 3 is 2.00 bits per heavy atom. The van der Waals surface area contributed by atoms with Gasteiger partial charge in [-0.1, -0.05) is 152 Å². The van der Waals surface area contributed by atoms with Gasteiger partial charge in [-0.3, -0.25) is 0 Å². The van der Waals surface area contributed by atoms with Crippen molar-refractivity contribution in [3.8, 4) is 11.1 Å². The third-order valence-corrected chi connectivity index (χ3v) is 12.7. The summed E-state index contributed by atoms with van der Waals surface area (Å²) in [7, 11) is 0. The Morgan fingerprint density at radius 1 is 0.491 bits per heavy atom. The van der Waals surface area contributed by atoms with Crippen LogP contribution in [0.5, 0.6) is 0 Å². The van der Waals surface area contributed by atoms with Gasteiger partial charge in [-0.25, -0.2) is 9.98 Å². The van der Waals surface area contributed by atoms with Crippen LogP contribution in [-0.4, -0.2) is 11.5 Å². The summed E-state index contributed by atoms with van der Waals surface area (Å²) >= 11 is 1.82. The molecule has 1 aliphatic carbocycles. The summed E-state index contributed by atoms with van der Waals surface area (Å²) in [6, 6.07) is 61.6. The number of thiophene rings is 1. The fourth-order valence-corrected chi connectivity index (χ4v) is 10.0. The molecule has 0 unspecified atom stereocenters. The van der Waals surface area contributed by atoms with Crippen LogP contribution in [0.3, 0.4) is 0 Å². The first-order chi connectivity index (χ1) is 27.1. The maximum absolute atomic E-state index is 5.56. The van der Waals surface area contributed by atoms with Crippen molar-refractivity contribution in [1.82, 2.24) is 0 Å². The van der Waals surface area contributed by atoms with E-state index in [1.807, 2.05) is 11.3 Å². The molecule has 1 aliphatic heterocycles. The van der Waals surface area contributed by atoms with Gasteiger partial charge in [0.25, 0.3) is 0 Å². The van der Waals surface area contributed by atoms with Gasteiger partial charge in [0.15, 0.2) is 5.84 Å². The summed E-state index contributed by atoms with van der Waals surface area (Å²) in [4.78, 5) is 11.0. The second-order valence-corrected chi connectivity index (χ2v) is 15.7. The van der Waals surface area contributed by atoms with E-state index in [0.29, 0.717) is 5.84 Å². The molecular formula is C52H34N2S. The summed E-state index contributed by atoms with van der Waals surface area (Å²) in [5.74, 6) is 0.701. The van der Waals surface area contributed by atoms with Crippen molar-refractivity contribution in [3.63, 3.8) is 0 Å². The van der Waals surface area contributed by atoms with E-state index in [4.69, 9.17) is 9.98 Å². The highest BCUT2D eigenvalue weighted by Gasteiger charge is 2.40. The van der Waals surface area contributed by atoms with E-state index < -0.39 is 0 Å². The highest BCUT2D eigenvalue weighted by atomic mass is 32.1. The lowest BCUT2D eigenvalue weighted by molar-refractivity contribution is 0.715. The predicted octanol–water partition coefficient (Wildman–Crippen LogP) is 13.5. The zero-order valence-corrected chi connectivity index (χ0v) is 31.0. The quantitative estimate of drug-likeness (QED) is 0.173. The van der Waals surface area contributed by atoms with Crippen LogP contribution in [0.4, 0.5) is 0 Å². The van der Waals surface area contributed by atoms with Gasteiger partial charge in [0.05, 0.1) is 11.4 Å². The van der Waals surface area contributed by atoms with Crippen LogP contribution in [0.25, 0.3) is 58.5 Å². The molecule has 0 amide bonds. The monoisotopic (exact) mass is 718 g/mol. The third kappa shape index (κ3) is 5.01. The first kappa shape index (κ1) is 31.8. The largest absolute Gasteiger partial charge is 0.228 e. The molecule has 0 bridgehead atoms. The molecule has 2 nitrogen and oxygen atoms in total. The van der Waals surface area contributed by atoms with Crippen molar-refractivity contribution < 1.29 is 0 Å². The molecule has 258 valence electrons. The molecule has 11 rings (SSSR count). The lowest BCUT2D eigenvalue weighted by Crippen LogP contribution is -2.22. The van der Waals surface area contributed by atoms with Gasteiger partial charge in [0.1, 0.15) is 0 Å². The normalized spacial score (nSPS) is 18.1. The van der Waals surface area contributed by atoms with Crippen molar-refractivity contribution in [2.24, 2.45) is 9.98 Å². The molecule has 2 heterocycles. The van der Waals surface area contributed by atoms with Crippen molar-refractivity contribution in [2.45, 2.75) is 12.3 Å². The molecule has 3 heteroatoms. The average molecular weight is 719 g/mol. The minimum Gasteiger partial charge on any atom is -0.228 e. The zero-order valence-electron chi connectivity index (χ0n) is 30.2. The van der Waals surface area contributed by atoms with E-state index in [-0.39, 0.29) is 5.41 Å². The van der Waals surface area contributed by atoms with Crippen molar-refractivity contribution in [2.75, 3.05) is 0 Å². The Hall–Kier alpha value is -6.68. The second-order valence-electron chi connectivity index (χ2n) is 14.6. The van der Waals surface area contributed by atoms with Gasteiger partial charge in [-0.15, -0.1) is 11.3 Å². The molecule has 0 radical (unpaired) electrons. The predicted molar refractivity (Wildman–Crippen MR) is 235 cm³/mol. The van der Waals surface area contributed by atoms with Crippen molar-refractivity contribution in [1.29, 1.82) is 0 Å². The Bertz CT molecular complexity index is 3130. The van der Waals surface area contributed by atoms with Crippen LogP contribution >= 0.6 is 11.3 Å². The molecule has 0 atom stereocenters. The highest BCUT2D eigenvalue weighted by Crippen LogP contribution is 2.52. The number of amidine groups is 1. The van der Waals surface area contributed by atoms with Crippen LogP contribution in [0.1, 0.15) is 40.3 Å². The van der Waals surface area contributed by atoms with Gasteiger partial charge in [0.2, 0.25) is 0 Å². The summed E-state index contributed by atoms with van der Waals surface area (Å²) in [5, 5.41) is 7.17. The number of rotatable bonds is 4. The van der Waals surface area contributed by atoms with Gasteiger partial charge >= 0.3 is 0 Å². The van der Waals surface area contributed by atoms with E-state index in [2.05, 4.69) is 195 Å². The third-order valence-electron chi connectivity index (χ3n) is 11.6. The molecule has 2 aliphatic rings. The Morgan fingerprint density at radius 2 is 1.15 bits per heavy atom. The number of hydrogen-bond acceptors (Lipinski definition) is 3. The van der Waals surface area contributed by atoms with E-state index >= 15 is 0 Å². The highest BCUT2D eigenvalue weighted by molar-refractivity contribution is 7.25. The van der Waals surface area contributed by atoms with E-state index in [9.17, 15) is 0 Å². The maximum Gasteiger partial charge on any atom is 0.161 e. The molecule has 8 aromatic carbocycles. The molecule has 9 aromatic rings. The molecule has 0 saturated carbocycles. The van der Waals surface area contributed by atoms with Crippen molar-refractivity contribution >= 4 is 70.3 Å². The lowest BCUT2D eigenvalue weighted by atomic mass is 9.73. The summed E-state index contributed by atoms with van der Waals surface area (Å²) in [6.07, 6.45) is 6.40. The van der Waals surface area contributed by atoms with E-state index in [1.165, 1.54) is 69.5 Å². The summed E-state index contributed by atoms with van der Waals surface area (Å²) in [6.45, 7) is 2.38. The fraction of sp³-hybridized carbons (Fsp3) is 0.0385. The number of nitrogens with zero attached hydrogens (tertiary/aromatic N) is 2. The van der Waals surface area contributed by atoms with Gasteiger partial charge in [-0.05, 0) is 92.7 Å². The molecule has 0 fully saturated rings. The Kier molecular flexibility index (Phi) is 7.20. The van der Waals surface area contributed by atoms with Crippen LogP contribution in [0.15, 0.2) is 198 Å². The van der Waals surface area contributed by atoms with E-state index in [0.717, 1.165) is 28.1 Å². The molecule has 55 heavy (non-hydrogen) atoms. The minimum atomic E-state index is -0.299. The van der Waals surface area contributed by atoms with Crippen LogP contribution in [0, 0.1) is 0 Å². The maximum atomic E-state index is 5.56. The first-order valence-electron chi connectivity index (χ1n) is 18.8. The number of benzene rings is 8. The topological polar surface area (TPSA) is 24.7 Å². The minimum absolute atomic E-state index is 0.299. The van der Waals surface area contributed by atoms with Gasteiger partial charge in [-0.2, -0.15) is 0 Å². The molecule has 0 spiro atoms. The number of fused-ring (bicyclic) bond motifs is 8. The smallest absolute Gasteiger partial charge is 0.161 e. The molecule has 0 saturated heterocycles. The SMILES string of the molecule is CC1(c2ccc3cccc(C4=C\C=C\C(c5ccc6ccccc6c5)=N/C(c5cccc6sc7ccccc7c56)=N\4)c3c2)c2ccccc2-c2ccccc21. The molecular weight excluding hydrogens is 685 g/mol. The van der Waals surface area contributed by atoms with E-state index in [1.54, 1.807) is 0 Å². The van der Waals surface area contributed by atoms with Gasteiger partial charge < -0.3 is 0 Å². The van der Waals surface area contributed by atoms with Gasteiger partial charge in [0, 0.05) is 42.3 Å². The standard InChI is InChI=1S/C52H34N2S/c1-52(44-21-7-4-16-38(44)39-17-5-8-22-45(39)52)37-30-29-34-15-10-19-40(43(34)32-37)47-24-12-23-46(36-28-27-33-13-2-3-14-35(33)31-36)53-51(54-47)42-20-11-26-49-50(42)41-18-6-9-25-48(41)55-49/h2-32H,1H3/b23-12+,24-12?,46-23?,47-24+,53-46+,53-51?,54-47?,54-51-. The number of hydrogen-bond donors (Lipinski definition) is 0. The Labute approximate surface area is 323 Å². The molecule has 1 aromatic heterocycles. The first-order valence-corrected chi connectivity index (χ1v) is 19.6. The zero-order chi connectivity index (χ0) is 36.5. The number of aliphatic imine (C=N–C) groups is 2. The summed E-state index contributed by atoms with van der Waals surface area (Å²) < 4.78 is 2.49. The lowest BCUT2D eigenvalue weighted by Gasteiger charge is -2.29. The average Bonchev–Trinajstić information content (AvgIpc) is 3.74. The number of allylic oxidation sites excluding steroid dienone is 3. The van der Waals surface area contributed by atoms with Crippen LogP contribution in [0.2, 0.25) is 0 Å². The molecule has 0 N–H and O–H groups in total. The van der Waals surface area contributed by atoms with Crippen LogP contribution in [-0.2, 0) is 5.41 Å². The summed E-state index contributed by atoms with van der Waals surface area (Å²) in [5.41, 5.74) is 11.2. The second kappa shape index (κ2) is 12.4. The fourth-order valence-electron chi connectivity index (χ4n) is 8.87. The van der Waals surface area contributed by atoms with Crippen LogP contribution < -0.4 is 0 Å². The van der Waals surface area contributed by atoms with Crippen molar-refractivity contribution in [3.05, 3.63) is 221 Å². The Balaban J connectivity index is 1.12.